The van der Waals surface area contributed by atoms with Gasteiger partial charge in [0.1, 0.15) is 0 Å². The molecule has 0 bridgehead atoms. The zero-order valence-electron chi connectivity index (χ0n) is 11.3. The van der Waals surface area contributed by atoms with Crippen LogP contribution in [0.3, 0.4) is 0 Å². The van der Waals surface area contributed by atoms with E-state index in [1.807, 2.05) is 0 Å². The minimum atomic E-state index is 1.22. The van der Waals surface area contributed by atoms with Crippen LogP contribution < -0.4 is 0 Å². The molecule has 1 N–H and O–H groups in total. The van der Waals surface area contributed by atoms with Gasteiger partial charge in [0.25, 0.3) is 0 Å². The lowest BCUT2D eigenvalue weighted by atomic mass is 9.95. The Bertz CT molecular complexity index is 618. The SMILES string of the molecule is Cc1[nH]c(C)c(-c2ccccc2)c1-c1ccccc1. The Balaban J connectivity index is 2.26. The molecule has 0 amide bonds. The van der Waals surface area contributed by atoms with E-state index in [0.717, 1.165) is 0 Å². The summed E-state index contributed by atoms with van der Waals surface area (Å²) < 4.78 is 0. The van der Waals surface area contributed by atoms with Gasteiger partial charge in [0.2, 0.25) is 0 Å². The molecule has 0 fully saturated rings. The Morgan fingerprint density at radius 1 is 0.579 bits per heavy atom. The largest absolute Gasteiger partial charge is 0.362 e. The minimum absolute atomic E-state index is 1.22. The zero-order chi connectivity index (χ0) is 13.2. The van der Waals surface area contributed by atoms with Gasteiger partial charge in [0, 0.05) is 22.5 Å². The van der Waals surface area contributed by atoms with E-state index < -0.39 is 0 Å². The summed E-state index contributed by atoms with van der Waals surface area (Å²) in [6.07, 6.45) is 0. The molecule has 0 atom stereocenters. The van der Waals surface area contributed by atoms with Gasteiger partial charge in [-0.15, -0.1) is 0 Å². The molecule has 0 aliphatic carbocycles. The van der Waals surface area contributed by atoms with Gasteiger partial charge in [-0.05, 0) is 25.0 Å². The van der Waals surface area contributed by atoms with Crippen molar-refractivity contribution in [2.45, 2.75) is 13.8 Å². The van der Waals surface area contributed by atoms with Crippen LogP contribution in [0.25, 0.3) is 22.3 Å². The summed E-state index contributed by atoms with van der Waals surface area (Å²) in [5.74, 6) is 0. The smallest absolute Gasteiger partial charge is 0.0203 e. The number of nitrogens with one attached hydrogen (secondary N) is 1. The lowest BCUT2D eigenvalue weighted by molar-refractivity contribution is 1.19. The fourth-order valence-electron chi connectivity index (χ4n) is 2.71. The molecule has 94 valence electrons. The second kappa shape index (κ2) is 4.77. The second-order valence-electron chi connectivity index (χ2n) is 4.86. The maximum Gasteiger partial charge on any atom is 0.0203 e. The number of H-pyrrole nitrogens is 1. The van der Waals surface area contributed by atoms with Crippen molar-refractivity contribution in [3.63, 3.8) is 0 Å². The number of aromatic nitrogens is 1. The second-order valence-corrected chi connectivity index (χ2v) is 4.86. The van der Waals surface area contributed by atoms with Crippen LogP contribution in [0.2, 0.25) is 0 Å². The first-order valence-corrected chi connectivity index (χ1v) is 6.57. The number of hydrogen-bond donors (Lipinski definition) is 1. The zero-order valence-corrected chi connectivity index (χ0v) is 11.3. The topological polar surface area (TPSA) is 15.8 Å². The van der Waals surface area contributed by atoms with Gasteiger partial charge >= 0.3 is 0 Å². The van der Waals surface area contributed by atoms with Gasteiger partial charge in [-0.25, -0.2) is 0 Å². The van der Waals surface area contributed by atoms with Crippen LogP contribution >= 0.6 is 0 Å². The van der Waals surface area contributed by atoms with E-state index in [-0.39, 0.29) is 0 Å². The summed E-state index contributed by atoms with van der Waals surface area (Å²) in [4.78, 5) is 3.47. The fraction of sp³-hybridized carbons (Fsp3) is 0.111. The molecule has 1 heterocycles. The minimum Gasteiger partial charge on any atom is -0.362 e. The highest BCUT2D eigenvalue weighted by atomic mass is 14.7. The van der Waals surface area contributed by atoms with Gasteiger partial charge in [-0.1, -0.05) is 60.7 Å². The van der Waals surface area contributed by atoms with E-state index in [4.69, 9.17) is 0 Å². The van der Waals surface area contributed by atoms with Gasteiger partial charge in [0.15, 0.2) is 0 Å². The summed E-state index contributed by atoms with van der Waals surface area (Å²) in [5.41, 5.74) is 7.60. The normalized spacial score (nSPS) is 10.6. The molecule has 3 aromatic rings. The van der Waals surface area contributed by atoms with E-state index in [9.17, 15) is 0 Å². The number of aryl methyl sites for hydroxylation is 2. The summed E-state index contributed by atoms with van der Waals surface area (Å²) in [7, 11) is 0. The molecule has 19 heavy (non-hydrogen) atoms. The monoisotopic (exact) mass is 247 g/mol. The molecule has 1 heteroatoms. The van der Waals surface area contributed by atoms with Crippen molar-refractivity contribution in [1.82, 2.24) is 4.98 Å². The summed E-state index contributed by atoms with van der Waals surface area (Å²) in [6.45, 7) is 4.28. The predicted molar refractivity (Wildman–Crippen MR) is 81.1 cm³/mol. The van der Waals surface area contributed by atoms with E-state index >= 15 is 0 Å². The molecular weight excluding hydrogens is 230 g/mol. The third-order valence-electron chi connectivity index (χ3n) is 3.50. The van der Waals surface area contributed by atoms with Crippen molar-refractivity contribution in [2.24, 2.45) is 0 Å². The fourth-order valence-corrected chi connectivity index (χ4v) is 2.71. The first kappa shape index (κ1) is 11.8. The summed E-state index contributed by atoms with van der Waals surface area (Å²) in [5, 5.41) is 0. The predicted octanol–water partition coefficient (Wildman–Crippen LogP) is 4.97. The highest BCUT2D eigenvalue weighted by Crippen LogP contribution is 2.37. The van der Waals surface area contributed by atoms with Crippen molar-refractivity contribution in [1.29, 1.82) is 0 Å². The van der Waals surface area contributed by atoms with Crippen LogP contribution in [-0.4, -0.2) is 4.98 Å². The van der Waals surface area contributed by atoms with Gasteiger partial charge in [-0.2, -0.15) is 0 Å². The average molecular weight is 247 g/mol. The van der Waals surface area contributed by atoms with E-state index in [1.54, 1.807) is 0 Å². The van der Waals surface area contributed by atoms with Crippen molar-refractivity contribution in [3.8, 4) is 22.3 Å². The number of rotatable bonds is 2. The van der Waals surface area contributed by atoms with Crippen LogP contribution in [0.5, 0.6) is 0 Å². The van der Waals surface area contributed by atoms with Crippen LogP contribution in [-0.2, 0) is 0 Å². The summed E-state index contributed by atoms with van der Waals surface area (Å²) >= 11 is 0. The molecular formula is C18H17N. The highest BCUT2D eigenvalue weighted by Gasteiger charge is 2.15. The van der Waals surface area contributed by atoms with Crippen molar-refractivity contribution >= 4 is 0 Å². The Morgan fingerprint density at radius 3 is 1.32 bits per heavy atom. The maximum atomic E-state index is 3.47. The lowest BCUT2D eigenvalue weighted by Crippen LogP contribution is -1.83. The molecule has 1 aromatic heterocycles. The third-order valence-corrected chi connectivity index (χ3v) is 3.50. The number of aromatic amines is 1. The molecule has 0 aliphatic heterocycles. The van der Waals surface area contributed by atoms with Gasteiger partial charge in [-0.3, -0.25) is 0 Å². The van der Waals surface area contributed by atoms with Gasteiger partial charge < -0.3 is 4.98 Å². The first-order chi connectivity index (χ1) is 9.27. The first-order valence-electron chi connectivity index (χ1n) is 6.57. The van der Waals surface area contributed by atoms with E-state index in [1.165, 1.54) is 33.6 Å². The lowest BCUT2D eigenvalue weighted by Gasteiger charge is -2.07. The number of hydrogen-bond acceptors (Lipinski definition) is 0. The Morgan fingerprint density at radius 2 is 0.947 bits per heavy atom. The van der Waals surface area contributed by atoms with E-state index in [0.29, 0.717) is 0 Å². The van der Waals surface area contributed by atoms with Crippen LogP contribution in [0.4, 0.5) is 0 Å². The Kier molecular flexibility index (Phi) is 2.96. The molecule has 0 aliphatic rings. The van der Waals surface area contributed by atoms with Crippen molar-refractivity contribution < 1.29 is 0 Å². The standard InChI is InChI=1S/C18H17N/c1-13-17(15-9-5-3-6-10-15)18(14(2)19-13)16-11-7-4-8-12-16/h3-12,19H,1-2H3. The Hall–Kier alpha value is -2.28. The average Bonchev–Trinajstić information content (AvgIpc) is 2.75. The molecule has 1 nitrogen and oxygen atoms in total. The molecule has 0 unspecified atom stereocenters. The van der Waals surface area contributed by atoms with Gasteiger partial charge in [0.05, 0.1) is 0 Å². The Labute approximate surface area is 113 Å². The molecule has 2 aromatic carbocycles. The molecule has 0 saturated heterocycles. The third kappa shape index (κ3) is 2.08. The van der Waals surface area contributed by atoms with Crippen molar-refractivity contribution in [2.75, 3.05) is 0 Å². The summed E-state index contributed by atoms with van der Waals surface area (Å²) in [6, 6.07) is 21.1. The van der Waals surface area contributed by atoms with Crippen LogP contribution in [0.15, 0.2) is 60.7 Å². The van der Waals surface area contributed by atoms with E-state index in [2.05, 4.69) is 79.5 Å². The molecule has 0 spiro atoms. The molecule has 0 radical (unpaired) electrons. The van der Waals surface area contributed by atoms with Crippen LogP contribution in [0.1, 0.15) is 11.4 Å². The highest BCUT2D eigenvalue weighted by molar-refractivity contribution is 5.87. The molecule has 0 saturated carbocycles. The molecule has 3 rings (SSSR count). The van der Waals surface area contributed by atoms with Crippen molar-refractivity contribution in [3.05, 3.63) is 72.1 Å². The maximum absolute atomic E-state index is 3.47. The van der Waals surface area contributed by atoms with Crippen LogP contribution in [0, 0.1) is 13.8 Å². The number of benzene rings is 2. The quantitative estimate of drug-likeness (QED) is 0.658.